The summed E-state index contributed by atoms with van der Waals surface area (Å²) in [6.45, 7) is 10.2. The fraction of sp³-hybridized carbons (Fsp3) is 0.909. The van der Waals surface area contributed by atoms with Crippen LogP contribution in [0.4, 0.5) is 0 Å². The molecule has 4 unspecified atom stereocenters. The van der Waals surface area contributed by atoms with E-state index in [2.05, 4.69) is 13.8 Å². The van der Waals surface area contributed by atoms with Gasteiger partial charge in [-0.1, -0.05) is 33.1 Å². The Balaban J connectivity index is 0.000000209. The molecule has 0 aromatic rings. The van der Waals surface area contributed by atoms with Crippen molar-refractivity contribution >= 4 is 11.9 Å². The van der Waals surface area contributed by atoms with Crippen LogP contribution in [0.5, 0.6) is 0 Å². The first-order valence-electron chi connectivity index (χ1n) is 11.1. The van der Waals surface area contributed by atoms with Crippen molar-refractivity contribution in [2.45, 2.75) is 78.4 Å². The van der Waals surface area contributed by atoms with E-state index in [1.165, 1.54) is 12.8 Å². The molecule has 3 rings (SSSR count). The van der Waals surface area contributed by atoms with Gasteiger partial charge < -0.3 is 18.9 Å². The largest absolute Gasteiger partial charge is 0.466 e. The van der Waals surface area contributed by atoms with Gasteiger partial charge >= 0.3 is 11.9 Å². The van der Waals surface area contributed by atoms with Crippen LogP contribution in [0, 0.1) is 23.7 Å². The zero-order valence-corrected chi connectivity index (χ0v) is 18.0. The first-order chi connectivity index (χ1) is 13.5. The standard InChI is InChI=1S/C12H20O4.C10H18O2/c1-3-9-7-12(15-5-6-16-12)8-10(9)11(13)14-4-2;1-3-8-6-5-7-9(8)10(11)12-4-2/h9-10H,3-8H2,1-2H3;8-9H,3-7H2,1-2H3. The molecule has 6 heteroatoms. The molecular formula is C22H38O6. The van der Waals surface area contributed by atoms with Crippen LogP contribution in [0.3, 0.4) is 0 Å². The Labute approximate surface area is 169 Å². The van der Waals surface area contributed by atoms with Gasteiger partial charge in [-0.15, -0.1) is 0 Å². The molecule has 0 N–H and O–H groups in total. The average Bonchev–Trinajstić information content (AvgIpc) is 3.42. The van der Waals surface area contributed by atoms with E-state index in [0.29, 0.717) is 44.7 Å². The van der Waals surface area contributed by atoms with E-state index in [9.17, 15) is 9.59 Å². The maximum Gasteiger partial charge on any atom is 0.309 e. The highest BCUT2D eigenvalue weighted by Gasteiger charge is 2.51. The molecular weight excluding hydrogens is 360 g/mol. The van der Waals surface area contributed by atoms with Crippen molar-refractivity contribution in [3.05, 3.63) is 0 Å². The van der Waals surface area contributed by atoms with Crippen LogP contribution in [0.15, 0.2) is 0 Å². The van der Waals surface area contributed by atoms with E-state index in [-0.39, 0.29) is 23.8 Å². The van der Waals surface area contributed by atoms with Gasteiger partial charge in [0.05, 0.1) is 38.3 Å². The second-order valence-electron chi connectivity index (χ2n) is 8.00. The molecule has 1 saturated heterocycles. The minimum Gasteiger partial charge on any atom is -0.466 e. The quantitative estimate of drug-likeness (QED) is 0.627. The Kier molecular flexibility index (Phi) is 9.22. The third-order valence-corrected chi connectivity index (χ3v) is 6.37. The Morgan fingerprint density at radius 3 is 1.93 bits per heavy atom. The lowest BCUT2D eigenvalue weighted by atomic mass is 9.94. The molecule has 2 saturated carbocycles. The minimum absolute atomic E-state index is 0.0295. The zero-order chi connectivity index (χ0) is 20.6. The maximum atomic E-state index is 11.8. The van der Waals surface area contributed by atoms with Crippen molar-refractivity contribution in [1.29, 1.82) is 0 Å². The summed E-state index contributed by atoms with van der Waals surface area (Å²) in [4.78, 5) is 23.2. The fourth-order valence-corrected chi connectivity index (χ4v) is 4.90. The Hall–Kier alpha value is -1.14. The summed E-state index contributed by atoms with van der Waals surface area (Å²) in [5.41, 5.74) is 0. The van der Waals surface area contributed by atoms with Crippen LogP contribution in [0.25, 0.3) is 0 Å². The first kappa shape index (κ1) is 23.1. The SMILES string of the molecule is CCOC(=O)C1CC2(CC1CC)OCCO2.CCOC(=O)C1CCCC1CC. The van der Waals surface area contributed by atoms with Crippen LogP contribution >= 0.6 is 0 Å². The summed E-state index contributed by atoms with van der Waals surface area (Å²) in [6.07, 6.45) is 7.01. The Morgan fingerprint density at radius 2 is 1.39 bits per heavy atom. The Bertz CT molecular complexity index is 499. The zero-order valence-electron chi connectivity index (χ0n) is 18.0. The number of carbonyl (C=O) groups excluding carboxylic acids is 2. The number of hydrogen-bond donors (Lipinski definition) is 0. The fourth-order valence-electron chi connectivity index (χ4n) is 4.90. The second kappa shape index (κ2) is 11.1. The predicted molar refractivity (Wildman–Crippen MR) is 106 cm³/mol. The Morgan fingerprint density at radius 1 is 0.821 bits per heavy atom. The third-order valence-electron chi connectivity index (χ3n) is 6.37. The molecule has 0 aromatic carbocycles. The van der Waals surface area contributed by atoms with Gasteiger partial charge in [0.2, 0.25) is 0 Å². The van der Waals surface area contributed by atoms with Gasteiger partial charge in [0.1, 0.15) is 0 Å². The van der Waals surface area contributed by atoms with E-state index in [1.807, 2.05) is 13.8 Å². The third kappa shape index (κ3) is 5.69. The van der Waals surface area contributed by atoms with Gasteiger partial charge in [0, 0.05) is 12.8 Å². The predicted octanol–water partition coefficient (Wildman–Crippen LogP) is 4.10. The van der Waals surface area contributed by atoms with Crippen LogP contribution in [-0.2, 0) is 28.5 Å². The molecule has 0 amide bonds. The number of esters is 2. The van der Waals surface area contributed by atoms with Crippen LogP contribution in [0.2, 0.25) is 0 Å². The number of hydrogen-bond acceptors (Lipinski definition) is 6. The van der Waals surface area contributed by atoms with Gasteiger partial charge in [-0.25, -0.2) is 0 Å². The molecule has 162 valence electrons. The van der Waals surface area contributed by atoms with E-state index >= 15 is 0 Å². The number of rotatable bonds is 6. The minimum atomic E-state index is -0.488. The van der Waals surface area contributed by atoms with Crippen molar-refractivity contribution in [1.82, 2.24) is 0 Å². The van der Waals surface area contributed by atoms with Gasteiger partial charge in [0.25, 0.3) is 0 Å². The van der Waals surface area contributed by atoms with E-state index < -0.39 is 5.79 Å². The van der Waals surface area contributed by atoms with E-state index in [0.717, 1.165) is 25.7 Å². The van der Waals surface area contributed by atoms with Crippen LogP contribution in [0.1, 0.15) is 72.6 Å². The summed E-state index contributed by atoms with van der Waals surface area (Å²) in [7, 11) is 0. The second-order valence-corrected chi connectivity index (χ2v) is 8.00. The van der Waals surface area contributed by atoms with Gasteiger partial charge in [-0.3, -0.25) is 9.59 Å². The van der Waals surface area contributed by atoms with Crippen molar-refractivity contribution in [2.75, 3.05) is 26.4 Å². The smallest absolute Gasteiger partial charge is 0.309 e. The van der Waals surface area contributed by atoms with Crippen molar-refractivity contribution in [3.63, 3.8) is 0 Å². The molecule has 1 spiro atoms. The van der Waals surface area contributed by atoms with Crippen LogP contribution in [-0.4, -0.2) is 44.2 Å². The first-order valence-corrected chi connectivity index (χ1v) is 11.1. The molecule has 6 nitrogen and oxygen atoms in total. The molecule has 4 atom stereocenters. The molecule has 0 radical (unpaired) electrons. The molecule has 1 aliphatic heterocycles. The summed E-state index contributed by atoms with van der Waals surface area (Å²) < 4.78 is 21.5. The summed E-state index contributed by atoms with van der Waals surface area (Å²) >= 11 is 0. The van der Waals surface area contributed by atoms with Crippen molar-refractivity contribution < 1.29 is 28.5 Å². The monoisotopic (exact) mass is 398 g/mol. The van der Waals surface area contributed by atoms with Crippen molar-refractivity contribution in [2.24, 2.45) is 23.7 Å². The average molecular weight is 399 g/mol. The highest BCUT2D eigenvalue weighted by molar-refractivity contribution is 5.73. The molecule has 0 bridgehead atoms. The number of ether oxygens (including phenoxy) is 4. The topological polar surface area (TPSA) is 71.1 Å². The normalized spacial score (nSPS) is 30.7. The van der Waals surface area contributed by atoms with Gasteiger partial charge in [-0.2, -0.15) is 0 Å². The van der Waals surface area contributed by atoms with Crippen LogP contribution < -0.4 is 0 Å². The van der Waals surface area contributed by atoms with E-state index in [1.54, 1.807) is 0 Å². The molecule has 2 aliphatic carbocycles. The molecule has 0 aromatic heterocycles. The highest BCUT2D eigenvalue weighted by Crippen LogP contribution is 2.46. The molecule has 3 aliphatic rings. The summed E-state index contributed by atoms with van der Waals surface area (Å²) in [5.74, 6) is 0.518. The van der Waals surface area contributed by atoms with Gasteiger partial charge in [-0.05, 0) is 38.5 Å². The number of carbonyl (C=O) groups is 2. The summed E-state index contributed by atoms with van der Waals surface area (Å²) in [5, 5.41) is 0. The van der Waals surface area contributed by atoms with E-state index in [4.69, 9.17) is 18.9 Å². The molecule has 3 fully saturated rings. The highest BCUT2D eigenvalue weighted by atomic mass is 16.7. The molecule has 1 heterocycles. The van der Waals surface area contributed by atoms with Gasteiger partial charge in [0.15, 0.2) is 5.79 Å². The lowest BCUT2D eigenvalue weighted by Gasteiger charge is -2.21. The lowest BCUT2D eigenvalue weighted by molar-refractivity contribution is -0.162. The summed E-state index contributed by atoms with van der Waals surface area (Å²) in [6, 6.07) is 0. The maximum absolute atomic E-state index is 11.8. The van der Waals surface area contributed by atoms with Crippen molar-refractivity contribution in [3.8, 4) is 0 Å². The lowest BCUT2D eigenvalue weighted by Crippen LogP contribution is -2.27. The molecule has 28 heavy (non-hydrogen) atoms.